The van der Waals surface area contributed by atoms with Crippen LogP contribution in [0.25, 0.3) is 16.6 Å². The molecule has 0 amide bonds. The molecule has 4 aromatic rings. The highest BCUT2D eigenvalue weighted by atomic mass is 16.5. The Morgan fingerprint density at radius 2 is 1.89 bits per heavy atom. The second-order valence-corrected chi connectivity index (χ2v) is 6.35. The van der Waals surface area contributed by atoms with Gasteiger partial charge in [-0.15, -0.1) is 0 Å². The number of nitrogens with zero attached hydrogens (tertiary/aromatic N) is 4. The molecule has 0 aliphatic rings. The maximum Gasteiger partial charge on any atom is 0.258 e. The Morgan fingerprint density at radius 1 is 1.15 bits per heavy atom. The zero-order valence-electron chi connectivity index (χ0n) is 15.5. The van der Waals surface area contributed by atoms with Gasteiger partial charge in [-0.25, -0.2) is 14.5 Å². The molecule has 0 unspecified atom stereocenters. The van der Waals surface area contributed by atoms with E-state index in [2.05, 4.69) is 20.1 Å². The predicted octanol–water partition coefficient (Wildman–Crippen LogP) is 2.19. The summed E-state index contributed by atoms with van der Waals surface area (Å²) >= 11 is 0. The number of ether oxygens (including phenoxy) is 2. The molecule has 138 valence electrons. The van der Waals surface area contributed by atoms with Crippen LogP contribution in [0, 0.1) is 13.8 Å². The number of methoxy groups -OCH3 is 2. The van der Waals surface area contributed by atoms with E-state index in [1.165, 1.54) is 7.11 Å². The maximum atomic E-state index is 12.5. The number of aromatic amines is 1. The van der Waals surface area contributed by atoms with Gasteiger partial charge in [0.05, 0.1) is 30.8 Å². The molecule has 4 rings (SSSR count). The van der Waals surface area contributed by atoms with Gasteiger partial charge in [-0.2, -0.15) is 5.10 Å². The monoisotopic (exact) mass is 365 g/mol. The van der Waals surface area contributed by atoms with Crippen molar-refractivity contribution in [2.75, 3.05) is 14.2 Å². The average Bonchev–Trinajstić information content (AvgIpc) is 2.94. The van der Waals surface area contributed by atoms with Crippen molar-refractivity contribution in [1.82, 2.24) is 24.6 Å². The van der Waals surface area contributed by atoms with Crippen LogP contribution in [-0.2, 0) is 6.42 Å². The fourth-order valence-corrected chi connectivity index (χ4v) is 3.08. The number of hydrogen-bond acceptors (Lipinski definition) is 6. The summed E-state index contributed by atoms with van der Waals surface area (Å²) in [5, 5.41) is 4.90. The summed E-state index contributed by atoms with van der Waals surface area (Å²) in [4.78, 5) is 24.4. The van der Waals surface area contributed by atoms with Crippen molar-refractivity contribution in [2.24, 2.45) is 0 Å². The highest BCUT2D eigenvalue weighted by Crippen LogP contribution is 2.30. The van der Waals surface area contributed by atoms with Gasteiger partial charge in [-0.3, -0.25) is 4.79 Å². The first-order chi connectivity index (χ1) is 13.0. The average molecular weight is 365 g/mol. The lowest BCUT2D eigenvalue weighted by Gasteiger charge is -2.09. The van der Waals surface area contributed by atoms with Crippen molar-refractivity contribution >= 4 is 16.6 Å². The molecule has 0 bridgehead atoms. The molecule has 0 aliphatic carbocycles. The first-order valence-electron chi connectivity index (χ1n) is 8.45. The summed E-state index contributed by atoms with van der Waals surface area (Å²) in [6.45, 7) is 3.95. The molecule has 27 heavy (non-hydrogen) atoms. The summed E-state index contributed by atoms with van der Waals surface area (Å²) < 4.78 is 12.3. The van der Waals surface area contributed by atoms with E-state index in [0.717, 1.165) is 22.5 Å². The highest BCUT2D eigenvalue weighted by molar-refractivity contribution is 5.81. The van der Waals surface area contributed by atoms with Crippen LogP contribution < -0.4 is 15.0 Å². The minimum absolute atomic E-state index is 0.226. The van der Waals surface area contributed by atoms with Gasteiger partial charge < -0.3 is 14.5 Å². The molecule has 0 atom stereocenters. The number of fused-ring (bicyclic) bond motifs is 2. The Bertz CT molecular complexity index is 1230. The minimum Gasteiger partial charge on any atom is -0.493 e. The van der Waals surface area contributed by atoms with E-state index in [9.17, 15) is 4.79 Å². The second kappa shape index (κ2) is 6.39. The maximum absolute atomic E-state index is 12.5. The number of nitrogens with one attached hydrogen (secondary N) is 1. The van der Waals surface area contributed by atoms with E-state index < -0.39 is 0 Å². The molecule has 3 aromatic heterocycles. The van der Waals surface area contributed by atoms with Crippen LogP contribution in [0.3, 0.4) is 0 Å². The minimum atomic E-state index is -0.226. The van der Waals surface area contributed by atoms with Crippen LogP contribution >= 0.6 is 0 Å². The third-order valence-corrected chi connectivity index (χ3v) is 4.62. The Hall–Kier alpha value is -3.42. The molecule has 8 heteroatoms. The van der Waals surface area contributed by atoms with Crippen molar-refractivity contribution in [3.05, 3.63) is 57.5 Å². The number of benzene rings is 1. The zero-order chi connectivity index (χ0) is 19.1. The van der Waals surface area contributed by atoms with Gasteiger partial charge in [0, 0.05) is 30.4 Å². The molecule has 8 nitrogen and oxygen atoms in total. The van der Waals surface area contributed by atoms with Crippen LogP contribution in [0.2, 0.25) is 0 Å². The van der Waals surface area contributed by atoms with Crippen LogP contribution in [0.4, 0.5) is 0 Å². The summed E-state index contributed by atoms with van der Waals surface area (Å²) in [5.74, 6) is 1.56. The van der Waals surface area contributed by atoms with Crippen molar-refractivity contribution < 1.29 is 9.47 Å². The number of hydrogen-bond donors (Lipinski definition) is 1. The standard InChI is InChI=1S/C19H19N5O3/c1-10-11(2)23-24-9-12(8-20-18(10)24)5-17-21-14-7-16(27-4)15(26-3)6-13(14)19(25)22-17/h6-9H,5H2,1-4H3,(H,21,22,25). The van der Waals surface area contributed by atoms with Gasteiger partial charge in [0.25, 0.3) is 5.56 Å². The Morgan fingerprint density at radius 3 is 2.63 bits per heavy atom. The largest absolute Gasteiger partial charge is 0.493 e. The molecule has 0 spiro atoms. The van der Waals surface area contributed by atoms with Gasteiger partial charge in [-0.05, 0) is 25.5 Å². The molecular formula is C19H19N5O3. The normalized spacial score (nSPS) is 11.3. The topological polar surface area (TPSA) is 94.4 Å². The Kier molecular flexibility index (Phi) is 4.02. The van der Waals surface area contributed by atoms with E-state index in [1.807, 2.05) is 20.0 Å². The number of aryl methyl sites for hydroxylation is 2. The lowest BCUT2D eigenvalue weighted by molar-refractivity contribution is 0.355. The lowest BCUT2D eigenvalue weighted by Crippen LogP contribution is -2.13. The quantitative estimate of drug-likeness (QED) is 0.596. The van der Waals surface area contributed by atoms with E-state index in [1.54, 1.807) is 30.0 Å². The molecule has 3 heterocycles. The first kappa shape index (κ1) is 17.0. The van der Waals surface area contributed by atoms with Crippen LogP contribution in [0.5, 0.6) is 11.5 Å². The van der Waals surface area contributed by atoms with Crippen molar-refractivity contribution in [3.63, 3.8) is 0 Å². The van der Waals surface area contributed by atoms with Crippen LogP contribution in [0.1, 0.15) is 22.6 Å². The second-order valence-electron chi connectivity index (χ2n) is 6.35. The Labute approximate surface area is 154 Å². The third-order valence-electron chi connectivity index (χ3n) is 4.62. The van der Waals surface area contributed by atoms with Crippen molar-refractivity contribution in [2.45, 2.75) is 20.3 Å². The number of H-pyrrole nitrogens is 1. The van der Waals surface area contributed by atoms with Gasteiger partial charge in [-0.1, -0.05) is 0 Å². The first-order valence-corrected chi connectivity index (χ1v) is 8.45. The van der Waals surface area contributed by atoms with E-state index >= 15 is 0 Å². The lowest BCUT2D eigenvalue weighted by atomic mass is 10.2. The number of rotatable bonds is 4. The van der Waals surface area contributed by atoms with Gasteiger partial charge >= 0.3 is 0 Å². The van der Waals surface area contributed by atoms with Crippen molar-refractivity contribution in [3.8, 4) is 11.5 Å². The fraction of sp³-hybridized carbons (Fsp3) is 0.263. The molecule has 1 N–H and O–H groups in total. The molecule has 0 radical (unpaired) electrons. The van der Waals surface area contributed by atoms with Crippen molar-refractivity contribution in [1.29, 1.82) is 0 Å². The molecule has 0 aliphatic heterocycles. The van der Waals surface area contributed by atoms with Crippen LogP contribution in [0.15, 0.2) is 29.3 Å². The molecular weight excluding hydrogens is 346 g/mol. The van der Waals surface area contributed by atoms with Gasteiger partial charge in [0.2, 0.25) is 0 Å². The smallest absolute Gasteiger partial charge is 0.258 e. The third kappa shape index (κ3) is 2.88. The fourth-order valence-electron chi connectivity index (χ4n) is 3.08. The van der Waals surface area contributed by atoms with E-state index in [4.69, 9.17) is 9.47 Å². The zero-order valence-corrected chi connectivity index (χ0v) is 15.5. The summed E-state index contributed by atoms with van der Waals surface area (Å²) in [5.41, 5.74) is 4.04. The molecule has 0 saturated carbocycles. The van der Waals surface area contributed by atoms with Gasteiger partial charge in [0.1, 0.15) is 5.82 Å². The van der Waals surface area contributed by atoms with E-state index in [0.29, 0.717) is 34.6 Å². The summed E-state index contributed by atoms with van der Waals surface area (Å²) in [7, 11) is 3.08. The van der Waals surface area contributed by atoms with Gasteiger partial charge in [0.15, 0.2) is 17.1 Å². The molecule has 0 saturated heterocycles. The summed E-state index contributed by atoms with van der Waals surface area (Å²) in [6.07, 6.45) is 4.11. The molecule has 0 fully saturated rings. The van der Waals surface area contributed by atoms with Crippen LogP contribution in [-0.4, -0.2) is 38.8 Å². The summed E-state index contributed by atoms with van der Waals surface area (Å²) in [6, 6.07) is 3.33. The Balaban J connectivity index is 1.76. The van der Waals surface area contributed by atoms with E-state index in [-0.39, 0.29) is 5.56 Å². The highest BCUT2D eigenvalue weighted by Gasteiger charge is 2.12. The number of aromatic nitrogens is 5. The molecule has 1 aromatic carbocycles. The SMILES string of the molecule is COc1cc2nc(Cc3cnc4c(C)c(C)nn4c3)[nH]c(=O)c2cc1OC. The predicted molar refractivity (Wildman–Crippen MR) is 101 cm³/mol.